The van der Waals surface area contributed by atoms with Gasteiger partial charge in [0.15, 0.2) is 0 Å². The molecule has 0 amide bonds. The van der Waals surface area contributed by atoms with Gasteiger partial charge in [0.2, 0.25) is 0 Å². The Labute approximate surface area is 105 Å². The Morgan fingerprint density at radius 2 is 2.12 bits per heavy atom. The van der Waals surface area contributed by atoms with Gasteiger partial charge in [-0.25, -0.2) is 0 Å². The Hall–Kier alpha value is -1.28. The zero-order valence-corrected chi connectivity index (χ0v) is 11.1. The van der Waals surface area contributed by atoms with E-state index in [1.807, 2.05) is 19.1 Å². The molecule has 1 rings (SSSR count). The maximum absolute atomic E-state index is 5.50. The molecule has 0 aliphatic carbocycles. The van der Waals surface area contributed by atoms with Crippen molar-refractivity contribution < 1.29 is 4.74 Å². The fraction of sp³-hybridized carbons (Fsp3) is 0.467. The van der Waals surface area contributed by atoms with E-state index in [9.17, 15) is 0 Å². The molecule has 0 radical (unpaired) electrons. The van der Waals surface area contributed by atoms with Gasteiger partial charge in [0, 0.05) is 6.54 Å². The summed E-state index contributed by atoms with van der Waals surface area (Å²) in [5, 5.41) is 3.36. The van der Waals surface area contributed by atoms with Crippen LogP contribution >= 0.6 is 0 Å². The van der Waals surface area contributed by atoms with Crippen molar-refractivity contribution in [1.29, 1.82) is 0 Å². The number of nitrogens with one attached hydrogen (secondary N) is 1. The summed E-state index contributed by atoms with van der Waals surface area (Å²) in [5.41, 5.74) is 2.63. The van der Waals surface area contributed by atoms with Crippen LogP contribution in [0.2, 0.25) is 0 Å². The van der Waals surface area contributed by atoms with Gasteiger partial charge in [-0.1, -0.05) is 37.6 Å². The number of likely N-dealkylation sites (N-methyl/N-ethyl adjacent to an activating group) is 1. The summed E-state index contributed by atoms with van der Waals surface area (Å²) in [6, 6.07) is 8.24. The van der Waals surface area contributed by atoms with Gasteiger partial charge in [0.05, 0.1) is 6.61 Å². The van der Waals surface area contributed by atoms with Crippen LogP contribution in [0, 0.1) is 0 Å². The molecule has 0 fully saturated rings. The van der Waals surface area contributed by atoms with Crippen molar-refractivity contribution >= 4 is 6.08 Å². The fourth-order valence-corrected chi connectivity index (χ4v) is 1.66. The maximum Gasteiger partial charge on any atom is 0.119 e. The molecule has 0 unspecified atom stereocenters. The van der Waals surface area contributed by atoms with Crippen LogP contribution in [-0.2, 0) is 0 Å². The zero-order chi connectivity index (χ0) is 12.5. The second kappa shape index (κ2) is 7.91. The van der Waals surface area contributed by atoms with Crippen molar-refractivity contribution in [2.24, 2.45) is 0 Å². The normalized spacial score (nSPS) is 11.6. The third-order valence-corrected chi connectivity index (χ3v) is 2.60. The Morgan fingerprint density at radius 1 is 1.29 bits per heavy atom. The molecular weight excluding hydrogens is 210 g/mol. The zero-order valence-electron chi connectivity index (χ0n) is 11.1. The minimum absolute atomic E-state index is 0.713. The lowest BCUT2D eigenvalue weighted by atomic mass is 10.1. The second-order valence-electron chi connectivity index (χ2n) is 3.94. The molecular formula is C15H23NO. The van der Waals surface area contributed by atoms with Gasteiger partial charge in [0.25, 0.3) is 0 Å². The molecule has 2 heteroatoms. The van der Waals surface area contributed by atoms with Crippen molar-refractivity contribution in [3.63, 3.8) is 0 Å². The van der Waals surface area contributed by atoms with E-state index >= 15 is 0 Å². The molecule has 0 aliphatic rings. The van der Waals surface area contributed by atoms with Crippen LogP contribution in [0.5, 0.6) is 5.75 Å². The van der Waals surface area contributed by atoms with E-state index in [0.29, 0.717) is 6.61 Å². The third-order valence-electron chi connectivity index (χ3n) is 2.60. The van der Waals surface area contributed by atoms with Crippen molar-refractivity contribution in [1.82, 2.24) is 5.32 Å². The number of benzene rings is 1. The van der Waals surface area contributed by atoms with Gasteiger partial charge in [-0.3, -0.25) is 0 Å². The standard InChI is InChI=1S/C15H23NO/c1-4-13(12-16-5-2)10-14-8-7-9-15(11-14)17-6-3/h7-11,16H,4-6,12H2,1-3H3. The van der Waals surface area contributed by atoms with Gasteiger partial charge < -0.3 is 10.1 Å². The summed E-state index contributed by atoms with van der Waals surface area (Å²) in [6.07, 6.45) is 3.32. The first kappa shape index (κ1) is 13.8. The summed E-state index contributed by atoms with van der Waals surface area (Å²) in [7, 11) is 0. The highest BCUT2D eigenvalue weighted by Crippen LogP contribution is 2.16. The molecule has 0 aromatic heterocycles. The van der Waals surface area contributed by atoms with E-state index in [0.717, 1.165) is 25.3 Å². The Bertz CT molecular complexity index is 358. The highest BCUT2D eigenvalue weighted by Gasteiger charge is 1.97. The molecule has 17 heavy (non-hydrogen) atoms. The summed E-state index contributed by atoms with van der Waals surface area (Å²) in [6.45, 7) is 9.01. The van der Waals surface area contributed by atoms with Gasteiger partial charge in [-0.2, -0.15) is 0 Å². The first-order chi connectivity index (χ1) is 8.30. The van der Waals surface area contributed by atoms with Crippen LogP contribution in [-0.4, -0.2) is 19.7 Å². The van der Waals surface area contributed by atoms with E-state index in [2.05, 4.69) is 37.4 Å². The minimum atomic E-state index is 0.713. The van der Waals surface area contributed by atoms with Gasteiger partial charge in [0.1, 0.15) is 5.75 Å². The van der Waals surface area contributed by atoms with E-state index in [-0.39, 0.29) is 0 Å². The van der Waals surface area contributed by atoms with E-state index in [4.69, 9.17) is 4.74 Å². The minimum Gasteiger partial charge on any atom is -0.494 e. The fourth-order valence-electron chi connectivity index (χ4n) is 1.66. The smallest absolute Gasteiger partial charge is 0.119 e. The van der Waals surface area contributed by atoms with Crippen LogP contribution in [0.25, 0.3) is 6.08 Å². The molecule has 1 aromatic rings. The third kappa shape index (κ3) is 5.05. The molecule has 1 aromatic carbocycles. The monoisotopic (exact) mass is 233 g/mol. The molecule has 0 heterocycles. The average molecular weight is 233 g/mol. The summed E-state index contributed by atoms with van der Waals surface area (Å²) in [5.74, 6) is 0.945. The lowest BCUT2D eigenvalue weighted by molar-refractivity contribution is 0.340. The van der Waals surface area contributed by atoms with Gasteiger partial charge >= 0.3 is 0 Å². The molecule has 0 bridgehead atoms. The Balaban J connectivity index is 2.76. The number of hydrogen-bond donors (Lipinski definition) is 1. The molecule has 0 atom stereocenters. The topological polar surface area (TPSA) is 21.3 Å². The highest BCUT2D eigenvalue weighted by atomic mass is 16.5. The molecule has 0 saturated heterocycles. The highest BCUT2D eigenvalue weighted by molar-refractivity contribution is 5.55. The van der Waals surface area contributed by atoms with Crippen molar-refractivity contribution in [3.05, 3.63) is 35.4 Å². The van der Waals surface area contributed by atoms with Crippen LogP contribution in [0.3, 0.4) is 0 Å². The largest absolute Gasteiger partial charge is 0.494 e. The number of ether oxygens (including phenoxy) is 1. The Kier molecular flexibility index (Phi) is 6.41. The van der Waals surface area contributed by atoms with Crippen LogP contribution < -0.4 is 10.1 Å². The van der Waals surface area contributed by atoms with E-state index < -0.39 is 0 Å². The quantitative estimate of drug-likeness (QED) is 0.778. The van der Waals surface area contributed by atoms with Crippen LogP contribution in [0.15, 0.2) is 29.8 Å². The first-order valence-electron chi connectivity index (χ1n) is 6.43. The molecule has 94 valence electrons. The molecule has 0 saturated carbocycles. The lowest BCUT2D eigenvalue weighted by Crippen LogP contribution is -2.15. The molecule has 0 aliphatic heterocycles. The molecule has 2 nitrogen and oxygen atoms in total. The second-order valence-corrected chi connectivity index (χ2v) is 3.94. The first-order valence-corrected chi connectivity index (χ1v) is 6.43. The number of rotatable bonds is 7. The van der Waals surface area contributed by atoms with E-state index in [1.54, 1.807) is 0 Å². The van der Waals surface area contributed by atoms with Gasteiger partial charge in [-0.15, -0.1) is 0 Å². The summed E-state index contributed by atoms with van der Waals surface area (Å²) < 4.78 is 5.50. The summed E-state index contributed by atoms with van der Waals surface area (Å²) >= 11 is 0. The Morgan fingerprint density at radius 3 is 2.76 bits per heavy atom. The van der Waals surface area contributed by atoms with Crippen LogP contribution in [0.4, 0.5) is 0 Å². The van der Waals surface area contributed by atoms with Crippen molar-refractivity contribution in [3.8, 4) is 5.75 Å². The van der Waals surface area contributed by atoms with Crippen LogP contribution in [0.1, 0.15) is 32.8 Å². The molecule has 1 N–H and O–H groups in total. The SMILES string of the molecule is CCNCC(=Cc1cccc(OCC)c1)CC. The predicted octanol–water partition coefficient (Wildman–Crippen LogP) is 3.49. The van der Waals surface area contributed by atoms with Crippen molar-refractivity contribution in [2.45, 2.75) is 27.2 Å². The van der Waals surface area contributed by atoms with Gasteiger partial charge in [-0.05, 0) is 37.6 Å². The number of hydrogen-bond acceptors (Lipinski definition) is 2. The predicted molar refractivity (Wildman–Crippen MR) is 74.4 cm³/mol. The summed E-state index contributed by atoms with van der Waals surface area (Å²) in [4.78, 5) is 0. The maximum atomic E-state index is 5.50. The van der Waals surface area contributed by atoms with E-state index in [1.165, 1.54) is 11.1 Å². The average Bonchev–Trinajstić information content (AvgIpc) is 2.35. The lowest BCUT2D eigenvalue weighted by Gasteiger charge is -2.07. The van der Waals surface area contributed by atoms with Crippen molar-refractivity contribution in [2.75, 3.05) is 19.7 Å². The molecule has 0 spiro atoms.